The van der Waals surface area contributed by atoms with E-state index in [1.165, 1.54) is 11.8 Å². The average molecular weight is 413 g/mol. The summed E-state index contributed by atoms with van der Waals surface area (Å²) in [6.45, 7) is 2.99. The maximum absolute atomic E-state index is 12.8. The number of nitrogens with one attached hydrogen (secondary N) is 2. The number of rotatable bonds is 7. The zero-order valence-corrected chi connectivity index (χ0v) is 17.1. The van der Waals surface area contributed by atoms with E-state index in [2.05, 4.69) is 15.3 Å². The zero-order chi connectivity index (χ0) is 20.2. The molecule has 1 saturated heterocycles. The lowest BCUT2D eigenvalue weighted by atomic mass is 10.2. The van der Waals surface area contributed by atoms with Crippen molar-refractivity contribution in [3.05, 3.63) is 54.2 Å². The Morgan fingerprint density at radius 2 is 2.21 bits per heavy atom. The number of hydrogen-bond acceptors (Lipinski definition) is 5. The third kappa shape index (κ3) is 4.48. The Morgan fingerprint density at radius 3 is 3.00 bits per heavy atom. The Bertz CT molecular complexity index is 952. The van der Waals surface area contributed by atoms with E-state index in [1.54, 1.807) is 17.2 Å². The number of aromatic nitrogens is 2. The zero-order valence-electron chi connectivity index (χ0n) is 16.3. The number of hydrogen-bond donors (Lipinski definition) is 2. The van der Waals surface area contributed by atoms with Crippen LogP contribution in [0.25, 0.3) is 11.0 Å². The van der Waals surface area contributed by atoms with E-state index >= 15 is 0 Å². The van der Waals surface area contributed by atoms with Gasteiger partial charge in [-0.2, -0.15) is 0 Å². The molecular formula is C21H24N4O3S. The predicted molar refractivity (Wildman–Crippen MR) is 112 cm³/mol. The Morgan fingerprint density at radius 1 is 1.34 bits per heavy atom. The summed E-state index contributed by atoms with van der Waals surface area (Å²) in [4.78, 5) is 34.9. The molecule has 0 aliphatic carbocycles. The minimum absolute atomic E-state index is 0.00592. The summed E-state index contributed by atoms with van der Waals surface area (Å²) >= 11 is 1.53. The van der Waals surface area contributed by atoms with Gasteiger partial charge in [-0.05, 0) is 44.0 Å². The number of aromatic amines is 1. The number of furan rings is 1. The number of carbonyl (C=O) groups excluding carboxylic acids is 2. The van der Waals surface area contributed by atoms with E-state index in [1.807, 2.05) is 37.3 Å². The number of amides is 2. The third-order valence-electron chi connectivity index (χ3n) is 5.14. The first-order valence-corrected chi connectivity index (χ1v) is 10.8. The predicted octanol–water partition coefficient (Wildman–Crippen LogP) is 3.26. The quantitative estimate of drug-likeness (QED) is 0.622. The van der Waals surface area contributed by atoms with E-state index in [4.69, 9.17) is 4.42 Å². The summed E-state index contributed by atoms with van der Waals surface area (Å²) in [6, 6.07) is 11.1. The Balaban J connectivity index is 1.31. The Hall–Kier alpha value is -2.74. The van der Waals surface area contributed by atoms with E-state index in [-0.39, 0.29) is 17.1 Å². The molecule has 3 aromatic rings. The molecule has 0 spiro atoms. The molecule has 1 aromatic carbocycles. The maximum atomic E-state index is 12.8. The van der Waals surface area contributed by atoms with Crippen LogP contribution in [0.1, 0.15) is 36.6 Å². The topological polar surface area (TPSA) is 91.2 Å². The molecular weight excluding hydrogens is 388 g/mol. The number of fused-ring (bicyclic) bond motifs is 1. The van der Waals surface area contributed by atoms with Crippen LogP contribution in [0.3, 0.4) is 0 Å². The molecule has 0 bridgehead atoms. The average Bonchev–Trinajstić information content (AvgIpc) is 3.49. The van der Waals surface area contributed by atoms with Crippen LogP contribution in [0.15, 0.2) is 47.1 Å². The highest BCUT2D eigenvalue weighted by molar-refractivity contribution is 8.00. The monoisotopic (exact) mass is 412 g/mol. The van der Waals surface area contributed by atoms with Crippen molar-refractivity contribution in [3.8, 4) is 0 Å². The second-order valence-corrected chi connectivity index (χ2v) is 8.46. The number of carbonyl (C=O) groups is 2. The van der Waals surface area contributed by atoms with Gasteiger partial charge in [-0.3, -0.25) is 9.59 Å². The fraction of sp³-hybridized carbons (Fsp3) is 0.381. The van der Waals surface area contributed by atoms with Crippen molar-refractivity contribution < 1.29 is 14.0 Å². The lowest BCUT2D eigenvalue weighted by molar-refractivity contribution is -0.136. The molecule has 1 fully saturated rings. The van der Waals surface area contributed by atoms with Gasteiger partial charge in [0.15, 0.2) is 0 Å². The highest BCUT2D eigenvalue weighted by Crippen LogP contribution is 2.29. The van der Waals surface area contributed by atoms with Crippen LogP contribution in [-0.2, 0) is 16.1 Å². The summed E-state index contributed by atoms with van der Waals surface area (Å²) in [7, 11) is 0. The van der Waals surface area contributed by atoms with Crippen molar-refractivity contribution in [2.75, 3.05) is 12.3 Å². The third-order valence-corrected chi connectivity index (χ3v) is 6.28. The van der Waals surface area contributed by atoms with Gasteiger partial charge in [0.25, 0.3) is 0 Å². The molecule has 7 nitrogen and oxygen atoms in total. The van der Waals surface area contributed by atoms with Gasteiger partial charge in [0, 0.05) is 6.54 Å². The van der Waals surface area contributed by atoms with Crippen LogP contribution in [0, 0.1) is 0 Å². The van der Waals surface area contributed by atoms with Crippen LogP contribution >= 0.6 is 11.8 Å². The summed E-state index contributed by atoms with van der Waals surface area (Å²) in [5.41, 5.74) is 1.92. The summed E-state index contributed by atoms with van der Waals surface area (Å²) in [5, 5.41) is 2.92. The van der Waals surface area contributed by atoms with Crippen molar-refractivity contribution in [1.29, 1.82) is 0 Å². The molecule has 152 valence electrons. The molecule has 2 unspecified atom stereocenters. The lowest BCUT2D eigenvalue weighted by Gasteiger charge is -2.24. The summed E-state index contributed by atoms with van der Waals surface area (Å²) < 4.78 is 5.24. The molecule has 29 heavy (non-hydrogen) atoms. The van der Waals surface area contributed by atoms with E-state index in [0.29, 0.717) is 31.0 Å². The molecule has 0 radical (unpaired) electrons. The SMILES string of the molecule is CC(SCC(=O)N1CCCC1C(=O)NCc1ccco1)c1nc2ccccc2[nH]1. The molecule has 3 heterocycles. The first-order valence-electron chi connectivity index (χ1n) is 9.77. The van der Waals surface area contributed by atoms with Gasteiger partial charge >= 0.3 is 0 Å². The lowest BCUT2D eigenvalue weighted by Crippen LogP contribution is -2.46. The molecule has 4 rings (SSSR count). The smallest absolute Gasteiger partial charge is 0.243 e. The maximum Gasteiger partial charge on any atom is 0.243 e. The molecule has 1 aliphatic heterocycles. The molecule has 2 amide bonds. The van der Waals surface area contributed by atoms with Crippen LogP contribution in [0.5, 0.6) is 0 Å². The minimum Gasteiger partial charge on any atom is -0.467 e. The van der Waals surface area contributed by atoms with Gasteiger partial charge in [-0.25, -0.2) is 4.98 Å². The first kappa shape index (κ1) is 19.6. The number of likely N-dealkylation sites (tertiary alicyclic amines) is 1. The van der Waals surface area contributed by atoms with E-state index in [0.717, 1.165) is 23.3 Å². The second kappa shape index (κ2) is 8.73. The van der Waals surface area contributed by atoms with Crippen LogP contribution in [-0.4, -0.2) is 45.0 Å². The van der Waals surface area contributed by atoms with Gasteiger partial charge < -0.3 is 19.6 Å². The van der Waals surface area contributed by atoms with Crippen molar-refractivity contribution in [1.82, 2.24) is 20.2 Å². The van der Waals surface area contributed by atoms with Gasteiger partial charge in [0.2, 0.25) is 11.8 Å². The van der Waals surface area contributed by atoms with Gasteiger partial charge in [-0.15, -0.1) is 11.8 Å². The van der Waals surface area contributed by atoms with Crippen LogP contribution in [0.4, 0.5) is 0 Å². The van der Waals surface area contributed by atoms with E-state index < -0.39 is 6.04 Å². The van der Waals surface area contributed by atoms with Crippen molar-refractivity contribution >= 4 is 34.6 Å². The van der Waals surface area contributed by atoms with Crippen LogP contribution < -0.4 is 5.32 Å². The fourth-order valence-corrected chi connectivity index (χ4v) is 4.39. The summed E-state index contributed by atoms with van der Waals surface area (Å²) in [5.74, 6) is 1.75. The number of benzene rings is 1. The fourth-order valence-electron chi connectivity index (χ4n) is 3.57. The number of thioether (sulfide) groups is 1. The number of para-hydroxylation sites is 2. The molecule has 2 N–H and O–H groups in total. The number of H-pyrrole nitrogens is 1. The van der Waals surface area contributed by atoms with Crippen molar-refractivity contribution in [3.63, 3.8) is 0 Å². The second-order valence-electron chi connectivity index (χ2n) is 7.13. The van der Waals surface area contributed by atoms with Gasteiger partial charge in [0.05, 0.1) is 34.8 Å². The summed E-state index contributed by atoms with van der Waals surface area (Å²) in [6.07, 6.45) is 3.11. The highest BCUT2D eigenvalue weighted by atomic mass is 32.2. The van der Waals surface area contributed by atoms with Gasteiger partial charge in [0.1, 0.15) is 17.6 Å². The van der Waals surface area contributed by atoms with Gasteiger partial charge in [-0.1, -0.05) is 12.1 Å². The molecule has 8 heteroatoms. The normalized spacial score (nSPS) is 17.6. The highest BCUT2D eigenvalue weighted by Gasteiger charge is 2.34. The number of nitrogens with zero attached hydrogens (tertiary/aromatic N) is 2. The van der Waals surface area contributed by atoms with Crippen LogP contribution in [0.2, 0.25) is 0 Å². The van der Waals surface area contributed by atoms with E-state index in [9.17, 15) is 9.59 Å². The minimum atomic E-state index is -0.403. The Labute approximate surface area is 173 Å². The molecule has 1 aliphatic rings. The molecule has 2 atom stereocenters. The molecule has 0 saturated carbocycles. The number of imidazole rings is 1. The Kier molecular flexibility index (Phi) is 5.89. The first-order chi connectivity index (χ1) is 14.1. The standard InChI is InChI=1S/C21H24N4O3S/c1-14(20-23-16-7-2-3-8-17(16)24-20)29-13-19(26)25-10-4-9-18(25)21(27)22-12-15-6-5-11-28-15/h2-3,5-8,11,14,18H,4,9-10,12-13H2,1H3,(H,22,27)(H,23,24). The largest absolute Gasteiger partial charge is 0.467 e. The van der Waals surface area contributed by atoms with Crippen molar-refractivity contribution in [2.24, 2.45) is 0 Å². The van der Waals surface area contributed by atoms with Crippen molar-refractivity contribution in [2.45, 2.75) is 37.6 Å². The molecule has 2 aromatic heterocycles.